The second-order valence-electron chi connectivity index (χ2n) is 5.84. The summed E-state index contributed by atoms with van der Waals surface area (Å²) in [5, 5.41) is 15.9. The Morgan fingerprint density at radius 2 is 1.90 bits per heavy atom. The first-order chi connectivity index (χ1) is 14.1. The summed E-state index contributed by atoms with van der Waals surface area (Å²) in [7, 11) is 1.51. The van der Waals surface area contributed by atoms with Crippen LogP contribution in [0, 0.1) is 0 Å². The molecule has 0 aliphatic carbocycles. The third kappa shape index (κ3) is 5.18. The molecule has 0 N–H and O–H groups in total. The maximum absolute atomic E-state index is 12.7. The lowest BCUT2D eigenvalue weighted by atomic mass is 10.1. The summed E-state index contributed by atoms with van der Waals surface area (Å²) in [5.41, 5.74) is 2.58. The molecule has 0 bridgehead atoms. The molecule has 3 aromatic heterocycles. The molecule has 148 valence electrons. The highest BCUT2D eigenvalue weighted by Gasteiger charge is 2.12. The Balaban J connectivity index is 1.73. The van der Waals surface area contributed by atoms with Crippen molar-refractivity contribution in [3.8, 4) is 17.3 Å². The van der Waals surface area contributed by atoms with Gasteiger partial charge in [-0.1, -0.05) is 0 Å². The predicted octanol–water partition coefficient (Wildman–Crippen LogP) is 4.16. The van der Waals surface area contributed by atoms with Gasteiger partial charge in [-0.15, -0.1) is 10.2 Å². The summed E-state index contributed by atoms with van der Waals surface area (Å²) in [6.45, 7) is 1.93. The van der Waals surface area contributed by atoms with Gasteiger partial charge < -0.3 is 4.74 Å². The van der Waals surface area contributed by atoms with E-state index in [4.69, 9.17) is 4.74 Å². The molecule has 29 heavy (non-hydrogen) atoms. The quantitative estimate of drug-likeness (QED) is 0.555. The van der Waals surface area contributed by atoms with Gasteiger partial charge in [0.05, 0.1) is 11.9 Å². The molecule has 0 aliphatic heterocycles. The average Bonchev–Trinajstić information content (AvgIpc) is 2.77. The van der Waals surface area contributed by atoms with E-state index in [0.717, 1.165) is 6.20 Å². The van der Waals surface area contributed by atoms with Crippen molar-refractivity contribution in [2.24, 2.45) is 10.2 Å². The molecule has 0 amide bonds. The average molecular weight is 397 g/mol. The van der Waals surface area contributed by atoms with E-state index >= 15 is 0 Å². The summed E-state index contributed by atoms with van der Waals surface area (Å²) in [5.74, 6) is 0.311. The van der Waals surface area contributed by atoms with Crippen LogP contribution in [0.5, 0.6) is 5.88 Å². The molecule has 3 aromatic rings. The highest BCUT2D eigenvalue weighted by atomic mass is 19.3. The van der Waals surface area contributed by atoms with Crippen molar-refractivity contribution in [2.45, 2.75) is 13.3 Å². The van der Waals surface area contributed by atoms with Crippen molar-refractivity contribution in [1.29, 1.82) is 0 Å². The Hall–Kier alpha value is -3.69. The zero-order valence-corrected chi connectivity index (χ0v) is 15.7. The molecule has 0 fully saturated rings. The fourth-order valence-electron chi connectivity index (χ4n) is 2.35. The molecule has 10 heteroatoms. The van der Waals surface area contributed by atoms with Gasteiger partial charge in [-0.25, -0.2) is 8.78 Å². The molecule has 0 aromatic carbocycles. The fourth-order valence-corrected chi connectivity index (χ4v) is 2.35. The van der Waals surface area contributed by atoms with Crippen LogP contribution >= 0.6 is 0 Å². The number of nitrogens with zero attached hydrogens (tertiary/aromatic N) is 7. The minimum Gasteiger partial charge on any atom is -0.472 e. The molecule has 0 saturated carbocycles. The minimum atomic E-state index is -2.58. The van der Waals surface area contributed by atoms with E-state index in [0.29, 0.717) is 34.2 Å². The Morgan fingerprint density at radius 1 is 1.03 bits per heavy atom. The summed E-state index contributed by atoms with van der Waals surface area (Å²) in [6, 6.07) is 6.18. The van der Waals surface area contributed by atoms with Gasteiger partial charge in [0.15, 0.2) is 0 Å². The normalized spacial score (nSPS) is 12.3. The van der Waals surface area contributed by atoms with E-state index < -0.39 is 6.43 Å². The second-order valence-corrected chi connectivity index (χ2v) is 5.84. The highest BCUT2D eigenvalue weighted by Crippen LogP contribution is 2.23. The number of azo groups is 1. The van der Waals surface area contributed by atoms with Crippen molar-refractivity contribution in [2.75, 3.05) is 13.7 Å². The van der Waals surface area contributed by atoms with Gasteiger partial charge in [0.1, 0.15) is 23.7 Å². The largest absolute Gasteiger partial charge is 0.472 e. The SMILES string of the molecule is C/N=N\C(=C(/C)COc1ccc(-c2cnccn2)nn1)c1ccc(C(F)F)cn1. The van der Waals surface area contributed by atoms with Gasteiger partial charge in [-0.2, -0.15) is 10.2 Å². The van der Waals surface area contributed by atoms with Gasteiger partial charge in [0, 0.05) is 37.3 Å². The van der Waals surface area contributed by atoms with Crippen molar-refractivity contribution in [3.05, 3.63) is 65.9 Å². The monoisotopic (exact) mass is 397 g/mol. The number of hydrogen-bond acceptors (Lipinski definition) is 8. The van der Waals surface area contributed by atoms with Crippen LogP contribution < -0.4 is 4.74 Å². The smallest absolute Gasteiger partial charge is 0.265 e. The van der Waals surface area contributed by atoms with Gasteiger partial charge in [0.2, 0.25) is 5.88 Å². The van der Waals surface area contributed by atoms with Crippen molar-refractivity contribution < 1.29 is 13.5 Å². The lowest BCUT2D eigenvalue weighted by Crippen LogP contribution is -2.04. The molecule has 0 radical (unpaired) electrons. The number of pyridine rings is 1. The first kappa shape index (κ1) is 20.1. The van der Waals surface area contributed by atoms with E-state index in [1.54, 1.807) is 37.6 Å². The molecular weight excluding hydrogens is 380 g/mol. The van der Waals surface area contributed by atoms with Crippen molar-refractivity contribution in [3.63, 3.8) is 0 Å². The summed E-state index contributed by atoms with van der Waals surface area (Å²) >= 11 is 0. The number of halogens is 2. The van der Waals surface area contributed by atoms with Crippen molar-refractivity contribution >= 4 is 5.70 Å². The molecule has 0 spiro atoms. The highest BCUT2D eigenvalue weighted by molar-refractivity contribution is 5.64. The molecule has 3 heterocycles. The summed E-state index contributed by atoms with van der Waals surface area (Å²) in [6.07, 6.45) is 3.28. The standard InChI is InChI=1S/C19H17F2N7O/c1-12(18(28-22-2)15-4-3-13(9-25-15)19(20)21)11-29-17-6-5-14(26-27-17)16-10-23-7-8-24-16/h3-10,19H,11H2,1-2H3/b18-12+,28-22-. The molecule has 8 nitrogen and oxygen atoms in total. The van der Waals surface area contributed by atoms with E-state index in [9.17, 15) is 8.78 Å². The first-order valence-electron chi connectivity index (χ1n) is 8.55. The number of alkyl halides is 2. The van der Waals surface area contributed by atoms with Crippen LogP contribution in [-0.4, -0.2) is 38.8 Å². The van der Waals surface area contributed by atoms with Gasteiger partial charge in [-0.3, -0.25) is 15.0 Å². The van der Waals surface area contributed by atoms with E-state index in [1.165, 1.54) is 19.2 Å². The lowest BCUT2D eigenvalue weighted by molar-refractivity contribution is 0.151. The topological polar surface area (TPSA) is 98.4 Å². The summed E-state index contributed by atoms with van der Waals surface area (Å²) in [4.78, 5) is 12.2. The van der Waals surface area contributed by atoms with Crippen LogP contribution in [0.2, 0.25) is 0 Å². The fraction of sp³-hybridized carbons (Fsp3) is 0.211. The molecule has 0 unspecified atom stereocenters. The summed E-state index contributed by atoms with van der Waals surface area (Å²) < 4.78 is 31.1. The Kier molecular flexibility index (Phi) is 6.56. The Bertz CT molecular complexity index is 991. The van der Waals surface area contributed by atoms with E-state index in [2.05, 4.69) is 35.4 Å². The minimum absolute atomic E-state index is 0.145. The maximum atomic E-state index is 12.7. The van der Waals surface area contributed by atoms with Crippen LogP contribution in [0.15, 0.2) is 64.9 Å². The predicted molar refractivity (Wildman–Crippen MR) is 101 cm³/mol. The van der Waals surface area contributed by atoms with Gasteiger partial charge in [0.25, 0.3) is 6.43 Å². The molecular formula is C19H17F2N7O. The van der Waals surface area contributed by atoms with E-state index in [1.807, 2.05) is 0 Å². The zero-order valence-electron chi connectivity index (χ0n) is 15.7. The van der Waals surface area contributed by atoms with E-state index in [-0.39, 0.29) is 12.2 Å². The number of aromatic nitrogens is 5. The molecule has 0 saturated heterocycles. The third-order valence-corrected chi connectivity index (χ3v) is 3.79. The van der Waals surface area contributed by atoms with Gasteiger partial charge >= 0.3 is 0 Å². The number of hydrogen-bond donors (Lipinski definition) is 0. The Labute approximate surface area is 165 Å². The van der Waals surface area contributed by atoms with Crippen LogP contribution in [0.1, 0.15) is 24.6 Å². The zero-order chi connectivity index (χ0) is 20.6. The van der Waals surface area contributed by atoms with Crippen LogP contribution in [0.4, 0.5) is 8.78 Å². The van der Waals surface area contributed by atoms with Crippen LogP contribution in [-0.2, 0) is 0 Å². The van der Waals surface area contributed by atoms with Gasteiger partial charge in [-0.05, 0) is 30.7 Å². The second kappa shape index (κ2) is 9.49. The Morgan fingerprint density at radius 3 is 2.48 bits per heavy atom. The lowest BCUT2D eigenvalue weighted by Gasteiger charge is -2.09. The molecule has 0 atom stereocenters. The maximum Gasteiger partial charge on any atom is 0.265 e. The van der Waals surface area contributed by atoms with Crippen LogP contribution in [0.3, 0.4) is 0 Å². The number of ether oxygens (including phenoxy) is 1. The third-order valence-electron chi connectivity index (χ3n) is 3.79. The first-order valence-corrected chi connectivity index (χ1v) is 8.55. The van der Waals surface area contributed by atoms with Crippen molar-refractivity contribution in [1.82, 2.24) is 25.1 Å². The molecule has 3 rings (SSSR count). The number of rotatable bonds is 7. The molecule has 0 aliphatic rings. The van der Waals surface area contributed by atoms with Crippen LogP contribution in [0.25, 0.3) is 17.1 Å².